The van der Waals surface area contributed by atoms with Gasteiger partial charge < -0.3 is 16.0 Å². The number of carbonyl (C=O) groups excluding carboxylic acids is 1. The third kappa shape index (κ3) is 5.51. The fourth-order valence-corrected chi connectivity index (χ4v) is 2.49. The van der Waals surface area contributed by atoms with Crippen LogP contribution in [0.4, 0.5) is 5.69 Å². The molecule has 0 fully saturated rings. The first-order valence-electron chi connectivity index (χ1n) is 7.10. The molecule has 0 aliphatic heterocycles. The van der Waals surface area contributed by atoms with Crippen LogP contribution in [0.5, 0.6) is 0 Å². The molecule has 0 spiro atoms. The molecule has 5 heteroatoms. The lowest BCUT2D eigenvalue weighted by molar-refractivity contribution is -0.116. The molecule has 0 aromatic heterocycles. The van der Waals surface area contributed by atoms with Gasteiger partial charge >= 0.3 is 0 Å². The molecule has 0 atom stereocenters. The highest BCUT2D eigenvalue weighted by Gasteiger charge is 2.13. The summed E-state index contributed by atoms with van der Waals surface area (Å²) in [4.78, 5) is 13.4. The number of anilines is 1. The van der Waals surface area contributed by atoms with Crippen LogP contribution in [-0.2, 0) is 11.3 Å². The maximum absolute atomic E-state index is 11.3. The van der Waals surface area contributed by atoms with Crippen molar-refractivity contribution in [2.75, 3.05) is 24.5 Å². The van der Waals surface area contributed by atoms with E-state index in [1.807, 2.05) is 6.07 Å². The molecule has 0 bridgehead atoms. The van der Waals surface area contributed by atoms with E-state index in [-0.39, 0.29) is 12.5 Å². The monoisotopic (exact) mass is 341 g/mol. The minimum Gasteiger partial charge on any atom is -0.368 e. The van der Waals surface area contributed by atoms with E-state index in [2.05, 4.69) is 52.1 Å². The van der Waals surface area contributed by atoms with Gasteiger partial charge in [0.1, 0.15) is 0 Å². The van der Waals surface area contributed by atoms with Gasteiger partial charge in [0.2, 0.25) is 5.91 Å². The minimum atomic E-state index is -0.293. The number of benzene rings is 1. The Kier molecular flexibility index (Phi) is 7.62. The summed E-state index contributed by atoms with van der Waals surface area (Å²) in [5, 5.41) is 3.33. The fourth-order valence-electron chi connectivity index (χ4n) is 2.09. The molecule has 20 heavy (non-hydrogen) atoms. The highest BCUT2D eigenvalue weighted by molar-refractivity contribution is 9.10. The summed E-state index contributed by atoms with van der Waals surface area (Å²) in [5.74, 6) is -0.293. The maximum Gasteiger partial charge on any atom is 0.236 e. The third-order valence-corrected chi connectivity index (χ3v) is 3.57. The SMILES string of the molecule is CCCCN(CC(N)=O)c1ccc(Br)cc1CNCC. The lowest BCUT2D eigenvalue weighted by Gasteiger charge is -2.26. The number of rotatable bonds is 9. The average Bonchev–Trinajstić information content (AvgIpc) is 2.41. The quantitative estimate of drug-likeness (QED) is 0.725. The zero-order chi connectivity index (χ0) is 15.0. The molecule has 1 rings (SSSR count). The average molecular weight is 342 g/mol. The minimum absolute atomic E-state index is 0.265. The van der Waals surface area contributed by atoms with Gasteiger partial charge in [-0.05, 0) is 36.7 Å². The number of nitrogens with two attached hydrogens (primary N) is 1. The van der Waals surface area contributed by atoms with Crippen molar-refractivity contribution in [3.8, 4) is 0 Å². The molecule has 0 radical (unpaired) electrons. The lowest BCUT2D eigenvalue weighted by Crippen LogP contribution is -2.35. The van der Waals surface area contributed by atoms with Crippen molar-refractivity contribution in [2.45, 2.75) is 33.2 Å². The molecule has 0 saturated heterocycles. The zero-order valence-corrected chi connectivity index (χ0v) is 13.9. The third-order valence-electron chi connectivity index (χ3n) is 3.08. The topological polar surface area (TPSA) is 58.4 Å². The molecule has 0 saturated carbocycles. The van der Waals surface area contributed by atoms with Crippen LogP contribution in [0, 0.1) is 0 Å². The van der Waals surface area contributed by atoms with Crippen molar-refractivity contribution < 1.29 is 4.79 Å². The van der Waals surface area contributed by atoms with Crippen molar-refractivity contribution in [3.63, 3.8) is 0 Å². The van der Waals surface area contributed by atoms with Crippen molar-refractivity contribution in [1.82, 2.24) is 5.32 Å². The number of carbonyl (C=O) groups is 1. The Morgan fingerprint density at radius 2 is 2.15 bits per heavy atom. The van der Waals surface area contributed by atoms with Gasteiger partial charge in [-0.2, -0.15) is 0 Å². The van der Waals surface area contributed by atoms with Gasteiger partial charge in [0.05, 0.1) is 6.54 Å². The second kappa shape index (κ2) is 8.97. The van der Waals surface area contributed by atoms with E-state index >= 15 is 0 Å². The number of nitrogens with one attached hydrogen (secondary N) is 1. The fraction of sp³-hybridized carbons (Fsp3) is 0.533. The van der Waals surface area contributed by atoms with Crippen LogP contribution < -0.4 is 16.0 Å². The second-order valence-corrected chi connectivity index (χ2v) is 5.71. The molecule has 1 amide bonds. The van der Waals surface area contributed by atoms with Gasteiger partial charge in [0, 0.05) is 23.2 Å². The number of nitrogens with zero attached hydrogens (tertiary/aromatic N) is 1. The molecule has 4 nitrogen and oxygen atoms in total. The summed E-state index contributed by atoms with van der Waals surface area (Å²) in [7, 11) is 0. The lowest BCUT2D eigenvalue weighted by atomic mass is 10.1. The first kappa shape index (κ1) is 17.0. The highest BCUT2D eigenvalue weighted by Crippen LogP contribution is 2.25. The Morgan fingerprint density at radius 1 is 1.40 bits per heavy atom. The number of unbranched alkanes of at least 4 members (excludes halogenated alkanes) is 1. The summed E-state index contributed by atoms with van der Waals surface area (Å²) >= 11 is 3.50. The van der Waals surface area contributed by atoms with Gasteiger partial charge in [-0.15, -0.1) is 0 Å². The Balaban J connectivity index is 2.99. The van der Waals surface area contributed by atoms with Crippen LogP contribution in [-0.4, -0.2) is 25.5 Å². The molecule has 1 aromatic rings. The smallest absolute Gasteiger partial charge is 0.236 e. The normalized spacial score (nSPS) is 10.6. The standard InChI is InChI=1S/C15H24BrN3O/c1-3-5-8-19(11-15(17)20)14-7-6-13(16)9-12(14)10-18-4-2/h6-7,9,18H,3-5,8,10-11H2,1-2H3,(H2,17,20). The summed E-state index contributed by atoms with van der Waals surface area (Å²) < 4.78 is 1.05. The highest BCUT2D eigenvalue weighted by atomic mass is 79.9. The zero-order valence-electron chi connectivity index (χ0n) is 12.3. The van der Waals surface area contributed by atoms with Crippen molar-refractivity contribution in [3.05, 3.63) is 28.2 Å². The Hall–Kier alpha value is -1.07. The van der Waals surface area contributed by atoms with Gasteiger partial charge in [-0.1, -0.05) is 36.2 Å². The molecule has 1 aromatic carbocycles. The summed E-state index contributed by atoms with van der Waals surface area (Å²) in [6, 6.07) is 6.15. The van der Waals surface area contributed by atoms with Crippen molar-refractivity contribution >= 4 is 27.5 Å². The Morgan fingerprint density at radius 3 is 2.75 bits per heavy atom. The predicted molar refractivity (Wildman–Crippen MR) is 87.8 cm³/mol. The number of halogens is 1. The van der Waals surface area contributed by atoms with Gasteiger partial charge in [0.15, 0.2) is 0 Å². The van der Waals surface area contributed by atoms with Gasteiger partial charge in [-0.25, -0.2) is 0 Å². The summed E-state index contributed by atoms with van der Waals surface area (Å²) in [6.45, 7) is 7.03. The first-order valence-corrected chi connectivity index (χ1v) is 7.90. The van der Waals surface area contributed by atoms with Crippen LogP contribution in [0.15, 0.2) is 22.7 Å². The summed E-state index contributed by atoms with van der Waals surface area (Å²) in [5.41, 5.74) is 7.64. The Labute approximate surface area is 129 Å². The van der Waals surface area contributed by atoms with E-state index in [0.717, 1.165) is 42.6 Å². The van der Waals surface area contributed by atoms with Crippen molar-refractivity contribution in [1.29, 1.82) is 0 Å². The van der Waals surface area contributed by atoms with Crippen LogP contribution in [0.1, 0.15) is 32.3 Å². The van der Waals surface area contributed by atoms with E-state index in [4.69, 9.17) is 5.73 Å². The Bertz CT molecular complexity index is 437. The van der Waals surface area contributed by atoms with E-state index in [1.54, 1.807) is 0 Å². The maximum atomic E-state index is 11.3. The van der Waals surface area contributed by atoms with Crippen LogP contribution >= 0.6 is 15.9 Å². The number of primary amides is 1. The molecule has 0 aliphatic carbocycles. The molecule has 112 valence electrons. The molecule has 3 N–H and O–H groups in total. The van der Waals surface area contributed by atoms with E-state index in [9.17, 15) is 4.79 Å². The van der Waals surface area contributed by atoms with Crippen LogP contribution in [0.25, 0.3) is 0 Å². The van der Waals surface area contributed by atoms with E-state index in [1.165, 1.54) is 5.56 Å². The first-order chi connectivity index (χ1) is 9.58. The largest absolute Gasteiger partial charge is 0.368 e. The molecule has 0 unspecified atom stereocenters. The summed E-state index contributed by atoms with van der Waals surface area (Å²) in [6.07, 6.45) is 2.14. The molecular formula is C15H24BrN3O. The predicted octanol–water partition coefficient (Wildman–Crippen LogP) is 2.65. The second-order valence-electron chi connectivity index (χ2n) is 4.79. The number of hydrogen-bond donors (Lipinski definition) is 2. The molecule has 0 heterocycles. The van der Waals surface area contributed by atoms with E-state index < -0.39 is 0 Å². The molecule has 0 aliphatic rings. The van der Waals surface area contributed by atoms with Crippen LogP contribution in [0.3, 0.4) is 0 Å². The van der Waals surface area contributed by atoms with Gasteiger partial charge in [0.25, 0.3) is 0 Å². The number of amides is 1. The van der Waals surface area contributed by atoms with E-state index in [0.29, 0.717) is 0 Å². The number of hydrogen-bond acceptors (Lipinski definition) is 3. The molecular weight excluding hydrogens is 318 g/mol. The van der Waals surface area contributed by atoms with Crippen LogP contribution in [0.2, 0.25) is 0 Å². The van der Waals surface area contributed by atoms with Crippen molar-refractivity contribution in [2.24, 2.45) is 5.73 Å². The van der Waals surface area contributed by atoms with Gasteiger partial charge in [-0.3, -0.25) is 4.79 Å².